The summed E-state index contributed by atoms with van der Waals surface area (Å²) < 4.78 is 27.2. The molecule has 5 heteroatoms. The third-order valence-electron chi connectivity index (χ3n) is 4.11. The Hall–Kier alpha value is -0.910. The number of aryl methyl sites for hydroxylation is 2. The fraction of sp³-hybridized carbons (Fsp3) is 0.625. The monoisotopic (exact) mass is 311 g/mol. The smallest absolute Gasteiger partial charge is 0.240 e. The van der Waals surface area contributed by atoms with E-state index in [9.17, 15) is 8.42 Å². The van der Waals surface area contributed by atoms with Crippen molar-refractivity contribution in [2.24, 2.45) is 5.92 Å². The molecule has 0 aliphatic heterocycles. The number of aliphatic hydroxyl groups is 1. The lowest BCUT2D eigenvalue weighted by atomic mass is 9.92. The summed E-state index contributed by atoms with van der Waals surface area (Å²) in [5.41, 5.74) is 2.47. The van der Waals surface area contributed by atoms with E-state index in [4.69, 9.17) is 5.11 Å². The maximum Gasteiger partial charge on any atom is 0.240 e. The molecule has 0 bridgehead atoms. The van der Waals surface area contributed by atoms with Crippen LogP contribution in [0.15, 0.2) is 23.1 Å². The summed E-state index contributed by atoms with van der Waals surface area (Å²) in [5.74, 6) is 0.221. The highest BCUT2D eigenvalue weighted by molar-refractivity contribution is 7.89. The highest BCUT2D eigenvalue weighted by Gasteiger charge is 2.17. The Morgan fingerprint density at radius 3 is 2.67 bits per heavy atom. The summed E-state index contributed by atoms with van der Waals surface area (Å²) in [4.78, 5) is 0.373. The molecule has 118 valence electrons. The number of nitrogens with one attached hydrogen (secondary N) is 1. The highest BCUT2D eigenvalue weighted by Crippen LogP contribution is 2.24. The molecular formula is C16H25NO3S. The van der Waals surface area contributed by atoms with Gasteiger partial charge in [-0.15, -0.1) is 0 Å². The van der Waals surface area contributed by atoms with Crippen molar-refractivity contribution >= 4 is 10.0 Å². The van der Waals surface area contributed by atoms with E-state index in [1.54, 1.807) is 6.07 Å². The van der Waals surface area contributed by atoms with Gasteiger partial charge in [-0.1, -0.05) is 13.0 Å². The van der Waals surface area contributed by atoms with Crippen LogP contribution in [0.3, 0.4) is 0 Å². The molecule has 2 rings (SSSR count). The first-order valence-corrected chi connectivity index (χ1v) is 9.23. The van der Waals surface area contributed by atoms with E-state index in [2.05, 4.69) is 4.72 Å². The minimum atomic E-state index is -3.41. The average molecular weight is 311 g/mol. The molecule has 4 nitrogen and oxygen atoms in total. The molecule has 2 N–H and O–H groups in total. The van der Waals surface area contributed by atoms with E-state index >= 15 is 0 Å². The summed E-state index contributed by atoms with van der Waals surface area (Å²) in [7, 11) is -3.41. The van der Waals surface area contributed by atoms with Crippen molar-refractivity contribution in [1.29, 1.82) is 0 Å². The van der Waals surface area contributed by atoms with Gasteiger partial charge in [-0.25, -0.2) is 13.1 Å². The minimum Gasteiger partial charge on any atom is -0.396 e. The van der Waals surface area contributed by atoms with Gasteiger partial charge in [-0.2, -0.15) is 0 Å². The van der Waals surface area contributed by atoms with Gasteiger partial charge in [0.1, 0.15) is 0 Å². The largest absolute Gasteiger partial charge is 0.396 e. The molecule has 0 heterocycles. The normalized spacial score (nSPS) is 16.5. The Kier molecular flexibility index (Phi) is 5.79. The maximum atomic E-state index is 12.3. The number of hydrogen-bond acceptors (Lipinski definition) is 3. The predicted octanol–water partition coefficient (Wildman–Crippen LogP) is 2.25. The second-order valence-electron chi connectivity index (χ2n) is 5.97. The van der Waals surface area contributed by atoms with Crippen LogP contribution in [0.1, 0.15) is 43.7 Å². The predicted molar refractivity (Wildman–Crippen MR) is 83.8 cm³/mol. The van der Waals surface area contributed by atoms with E-state index < -0.39 is 10.0 Å². The lowest BCUT2D eigenvalue weighted by Gasteiger charge is -2.17. The second kappa shape index (κ2) is 7.38. The third-order valence-corrected chi connectivity index (χ3v) is 5.57. The standard InChI is InChI=1S/C16H25NO3S/c1-13(12-18)5-4-10-17-21(19,20)16-9-8-14-6-2-3-7-15(14)11-16/h8-9,11,13,17-18H,2-7,10,12H2,1H3. The van der Waals surface area contributed by atoms with Gasteiger partial charge in [0, 0.05) is 13.2 Å². The zero-order valence-corrected chi connectivity index (χ0v) is 13.5. The molecule has 0 fully saturated rings. The SMILES string of the molecule is CC(CO)CCCNS(=O)(=O)c1ccc2c(c1)CCCC2. The first-order valence-electron chi connectivity index (χ1n) is 7.75. The molecular weight excluding hydrogens is 286 g/mol. The van der Waals surface area contributed by atoms with Crippen molar-refractivity contribution < 1.29 is 13.5 Å². The quantitative estimate of drug-likeness (QED) is 0.759. The Labute approximate surface area is 127 Å². The molecule has 1 aliphatic rings. The van der Waals surface area contributed by atoms with Crippen LogP contribution in [0.25, 0.3) is 0 Å². The van der Waals surface area contributed by atoms with Crippen LogP contribution in [0, 0.1) is 5.92 Å². The first-order chi connectivity index (χ1) is 10.0. The molecule has 1 unspecified atom stereocenters. The average Bonchev–Trinajstić information content (AvgIpc) is 2.50. The molecule has 0 saturated heterocycles. The molecule has 0 spiro atoms. The van der Waals surface area contributed by atoms with Gasteiger partial charge in [-0.3, -0.25) is 0 Å². The topological polar surface area (TPSA) is 66.4 Å². The maximum absolute atomic E-state index is 12.3. The lowest BCUT2D eigenvalue weighted by molar-refractivity contribution is 0.228. The summed E-state index contributed by atoms with van der Waals surface area (Å²) in [6, 6.07) is 5.49. The number of hydrogen-bond donors (Lipinski definition) is 2. The molecule has 1 aromatic carbocycles. The summed E-state index contributed by atoms with van der Waals surface area (Å²) in [6.45, 7) is 2.53. The number of aliphatic hydroxyl groups excluding tert-OH is 1. The molecule has 0 amide bonds. The van der Waals surface area contributed by atoms with Crippen LogP contribution in [-0.2, 0) is 22.9 Å². The van der Waals surface area contributed by atoms with Crippen molar-refractivity contribution in [3.63, 3.8) is 0 Å². The first kappa shape index (κ1) is 16.5. The number of rotatable bonds is 7. The number of fused-ring (bicyclic) bond motifs is 1. The van der Waals surface area contributed by atoms with E-state index in [1.165, 1.54) is 17.5 Å². The van der Waals surface area contributed by atoms with Gasteiger partial charge < -0.3 is 5.11 Å². The summed E-state index contributed by atoms with van der Waals surface area (Å²) in [6.07, 6.45) is 5.94. The van der Waals surface area contributed by atoms with E-state index in [1.807, 2.05) is 19.1 Å². The van der Waals surface area contributed by atoms with Crippen LogP contribution in [0.2, 0.25) is 0 Å². The van der Waals surface area contributed by atoms with Crippen molar-refractivity contribution in [3.8, 4) is 0 Å². The third kappa shape index (κ3) is 4.53. The Bertz CT molecular complexity index is 569. The zero-order valence-electron chi connectivity index (χ0n) is 12.6. The second-order valence-corrected chi connectivity index (χ2v) is 7.73. The fourth-order valence-electron chi connectivity index (χ4n) is 2.71. The van der Waals surface area contributed by atoms with Gasteiger partial charge in [-0.05, 0) is 67.7 Å². The van der Waals surface area contributed by atoms with Crippen LogP contribution in [-0.4, -0.2) is 26.7 Å². The van der Waals surface area contributed by atoms with Crippen LogP contribution >= 0.6 is 0 Å². The Morgan fingerprint density at radius 2 is 1.95 bits per heavy atom. The van der Waals surface area contributed by atoms with Gasteiger partial charge in [0.25, 0.3) is 0 Å². The molecule has 0 saturated carbocycles. The van der Waals surface area contributed by atoms with E-state index in [-0.39, 0.29) is 12.5 Å². The Morgan fingerprint density at radius 1 is 1.24 bits per heavy atom. The highest BCUT2D eigenvalue weighted by atomic mass is 32.2. The van der Waals surface area contributed by atoms with Gasteiger partial charge in [0.2, 0.25) is 10.0 Å². The summed E-state index contributed by atoms with van der Waals surface area (Å²) in [5, 5.41) is 8.95. The lowest BCUT2D eigenvalue weighted by Crippen LogP contribution is -2.25. The Balaban J connectivity index is 1.96. The molecule has 1 aliphatic carbocycles. The van der Waals surface area contributed by atoms with Crippen LogP contribution in [0.5, 0.6) is 0 Å². The van der Waals surface area contributed by atoms with Crippen molar-refractivity contribution in [3.05, 3.63) is 29.3 Å². The zero-order chi connectivity index (χ0) is 15.3. The molecule has 1 atom stereocenters. The fourth-order valence-corrected chi connectivity index (χ4v) is 3.83. The molecule has 1 aromatic rings. The summed E-state index contributed by atoms with van der Waals surface area (Å²) >= 11 is 0. The van der Waals surface area contributed by atoms with E-state index in [0.717, 1.165) is 32.1 Å². The van der Waals surface area contributed by atoms with Crippen molar-refractivity contribution in [1.82, 2.24) is 4.72 Å². The molecule has 21 heavy (non-hydrogen) atoms. The van der Waals surface area contributed by atoms with Gasteiger partial charge in [0.05, 0.1) is 4.90 Å². The van der Waals surface area contributed by atoms with Crippen LogP contribution < -0.4 is 4.72 Å². The van der Waals surface area contributed by atoms with Crippen molar-refractivity contribution in [2.75, 3.05) is 13.2 Å². The van der Waals surface area contributed by atoms with Gasteiger partial charge >= 0.3 is 0 Å². The van der Waals surface area contributed by atoms with Crippen LogP contribution in [0.4, 0.5) is 0 Å². The molecule has 0 aromatic heterocycles. The minimum absolute atomic E-state index is 0.150. The van der Waals surface area contributed by atoms with Gasteiger partial charge in [0.15, 0.2) is 0 Å². The number of benzene rings is 1. The number of sulfonamides is 1. The van der Waals surface area contributed by atoms with E-state index in [0.29, 0.717) is 11.4 Å². The molecule has 0 radical (unpaired) electrons. The van der Waals surface area contributed by atoms with Crippen molar-refractivity contribution in [2.45, 2.75) is 50.3 Å².